The van der Waals surface area contributed by atoms with Crippen LogP contribution < -0.4 is 10.2 Å². The molecule has 1 saturated heterocycles. The highest BCUT2D eigenvalue weighted by molar-refractivity contribution is 6.23. The van der Waals surface area contributed by atoms with Gasteiger partial charge in [-0.1, -0.05) is 30.3 Å². The molecule has 6 nitrogen and oxygen atoms in total. The molecule has 1 atom stereocenters. The Balaban J connectivity index is 1.65. The van der Waals surface area contributed by atoms with Crippen molar-refractivity contribution < 1.29 is 9.59 Å². The Morgan fingerprint density at radius 1 is 1.12 bits per heavy atom. The quantitative estimate of drug-likeness (QED) is 0.736. The topological polar surface area (TPSA) is 67.2 Å². The van der Waals surface area contributed by atoms with Crippen molar-refractivity contribution in [2.45, 2.75) is 32.9 Å². The number of imidazole rings is 1. The number of aryl methyl sites for hydroxylation is 2. The minimum absolute atomic E-state index is 0.125. The summed E-state index contributed by atoms with van der Waals surface area (Å²) in [6.45, 7) is 4.65. The number of hydrogen-bond donors (Lipinski definition) is 1. The van der Waals surface area contributed by atoms with Crippen LogP contribution in [0.25, 0.3) is 11.0 Å². The van der Waals surface area contributed by atoms with Crippen molar-refractivity contribution in [3.8, 4) is 0 Å². The minimum Gasteiger partial charge on any atom is -0.343 e. The lowest BCUT2D eigenvalue weighted by molar-refractivity contribution is -0.121. The molecule has 132 valence electrons. The van der Waals surface area contributed by atoms with E-state index in [0.717, 1.165) is 23.1 Å². The second-order valence-electron chi connectivity index (χ2n) is 6.42. The number of benzene rings is 2. The molecule has 2 heterocycles. The molecule has 6 heteroatoms. The molecular weight excluding hydrogens is 328 g/mol. The lowest BCUT2D eigenvalue weighted by Gasteiger charge is -2.18. The third-order valence-electron chi connectivity index (χ3n) is 4.78. The highest BCUT2D eigenvalue weighted by atomic mass is 16.2. The van der Waals surface area contributed by atoms with Crippen molar-refractivity contribution in [1.29, 1.82) is 0 Å². The zero-order valence-corrected chi connectivity index (χ0v) is 14.8. The third kappa shape index (κ3) is 2.54. The maximum Gasteiger partial charge on any atom is 0.256 e. The first-order valence-electron chi connectivity index (χ1n) is 8.74. The number of anilines is 2. The summed E-state index contributed by atoms with van der Waals surface area (Å²) in [5.41, 5.74) is 3.42. The minimum atomic E-state index is -0.607. The summed E-state index contributed by atoms with van der Waals surface area (Å²) >= 11 is 0. The molecule has 1 aliphatic heterocycles. The van der Waals surface area contributed by atoms with Gasteiger partial charge in [0.2, 0.25) is 11.9 Å². The van der Waals surface area contributed by atoms with Gasteiger partial charge in [-0.15, -0.1) is 0 Å². The van der Waals surface area contributed by atoms with Crippen molar-refractivity contribution in [1.82, 2.24) is 9.55 Å². The second-order valence-corrected chi connectivity index (χ2v) is 6.42. The van der Waals surface area contributed by atoms with Gasteiger partial charge in [-0.25, -0.2) is 9.88 Å². The fourth-order valence-electron chi connectivity index (χ4n) is 3.47. The van der Waals surface area contributed by atoms with Crippen molar-refractivity contribution in [2.75, 3.05) is 10.2 Å². The normalized spacial score (nSPS) is 17.3. The van der Waals surface area contributed by atoms with Crippen LogP contribution in [0.5, 0.6) is 0 Å². The SMILES string of the molecule is CCn1c(N[C@H]2CC(=O)N(c3ccccc3C)C2=O)nc2ccccc21. The molecule has 1 aromatic heterocycles. The van der Waals surface area contributed by atoms with Gasteiger partial charge in [0.1, 0.15) is 6.04 Å². The van der Waals surface area contributed by atoms with Crippen molar-refractivity contribution in [2.24, 2.45) is 0 Å². The first kappa shape index (κ1) is 16.3. The number of para-hydroxylation sites is 3. The average Bonchev–Trinajstić information content (AvgIpc) is 3.12. The molecule has 0 spiro atoms. The van der Waals surface area contributed by atoms with Gasteiger partial charge in [-0.05, 0) is 37.6 Å². The van der Waals surface area contributed by atoms with Gasteiger partial charge in [0.25, 0.3) is 5.91 Å². The number of aromatic nitrogens is 2. The highest BCUT2D eigenvalue weighted by Crippen LogP contribution is 2.28. The molecule has 4 rings (SSSR count). The van der Waals surface area contributed by atoms with Gasteiger partial charge >= 0.3 is 0 Å². The molecule has 0 bridgehead atoms. The first-order valence-corrected chi connectivity index (χ1v) is 8.74. The molecule has 0 unspecified atom stereocenters. The maximum absolute atomic E-state index is 12.9. The average molecular weight is 348 g/mol. The Labute approximate surface area is 151 Å². The summed E-state index contributed by atoms with van der Waals surface area (Å²) in [6.07, 6.45) is 0.125. The van der Waals surface area contributed by atoms with Crippen molar-refractivity contribution in [3.05, 3.63) is 54.1 Å². The molecule has 1 N–H and O–H groups in total. The summed E-state index contributed by atoms with van der Waals surface area (Å²) in [5, 5.41) is 3.19. The van der Waals surface area contributed by atoms with Gasteiger partial charge in [0.15, 0.2) is 0 Å². The molecular formula is C20H20N4O2. The number of carbonyl (C=O) groups excluding carboxylic acids is 2. The van der Waals surface area contributed by atoms with E-state index < -0.39 is 6.04 Å². The number of hydrogen-bond acceptors (Lipinski definition) is 4. The van der Waals surface area contributed by atoms with Crippen molar-refractivity contribution >= 4 is 34.5 Å². The Morgan fingerprint density at radius 2 is 1.85 bits per heavy atom. The fourth-order valence-corrected chi connectivity index (χ4v) is 3.47. The maximum atomic E-state index is 12.9. The molecule has 0 aliphatic carbocycles. The van der Waals surface area contributed by atoms with Crippen LogP contribution in [0.15, 0.2) is 48.5 Å². The van der Waals surface area contributed by atoms with Gasteiger partial charge in [-0.2, -0.15) is 0 Å². The summed E-state index contributed by atoms with van der Waals surface area (Å²) in [7, 11) is 0. The molecule has 2 aromatic carbocycles. The van der Waals surface area contributed by atoms with E-state index in [1.54, 1.807) is 6.07 Å². The van der Waals surface area contributed by atoms with Crippen LogP contribution in [0, 0.1) is 6.92 Å². The van der Waals surface area contributed by atoms with Crippen LogP contribution >= 0.6 is 0 Å². The van der Waals surface area contributed by atoms with E-state index in [1.807, 2.05) is 60.9 Å². The van der Waals surface area contributed by atoms with Crippen LogP contribution in [0.4, 0.5) is 11.6 Å². The number of carbonyl (C=O) groups is 2. The van der Waals surface area contributed by atoms with E-state index >= 15 is 0 Å². The Morgan fingerprint density at radius 3 is 2.62 bits per heavy atom. The van der Waals surface area contributed by atoms with Crippen LogP contribution in [-0.4, -0.2) is 27.4 Å². The molecule has 0 saturated carbocycles. The predicted octanol–water partition coefficient (Wildman–Crippen LogP) is 3.11. The summed E-state index contributed by atoms with van der Waals surface area (Å²) in [5.74, 6) is 0.187. The molecule has 0 radical (unpaired) electrons. The smallest absolute Gasteiger partial charge is 0.256 e. The predicted molar refractivity (Wildman–Crippen MR) is 101 cm³/mol. The van der Waals surface area contributed by atoms with Gasteiger partial charge < -0.3 is 9.88 Å². The zero-order valence-electron chi connectivity index (χ0n) is 14.8. The van der Waals surface area contributed by atoms with E-state index in [2.05, 4.69) is 10.3 Å². The van der Waals surface area contributed by atoms with E-state index in [4.69, 9.17) is 0 Å². The summed E-state index contributed by atoms with van der Waals surface area (Å²) in [4.78, 5) is 31.3. The number of fused-ring (bicyclic) bond motifs is 1. The monoisotopic (exact) mass is 348 g/mol. The van der Waals surface area contributed by atoms with Crippen LogP contribution in [0.2, 0.25) is 0 Å². The number of rotatable bonds is 4. The summed E-state index contributed by atoms with van der Waals surface area (Å²) < 4.78 is 2.02. The van der Waals surface area contributed by atoms with Crippen molar-refractivity contribution in [3.63, 3.8) is 0 Å². The van der Waals surface area contributed by atoms with E-state index in [-0.39, 0.29) is 18.2 Å². The third-order valence-corrected chi connectivity index (χ3v) is 4.78. The summed E-state index contributed by atoms with van der Waals surface area (Å²) in [6, 6.07) is 14.6. The fraction of sp³-hybridized carbons (Fsp3) is 0.250. The molecule has 26 heavy (non-hydrogen) atoms. The largest absolute Gasteiger partial charge is 0.343 e. The van der Waals surface area contributed by atoms with Gasteiger partial charge in [0.05, 0.1) is 23.1 Å². The Bertz CT molecular complexity index is 1010. The van der Waals surface area contributed by atoms with Crippen LogP contribution in [0.3, 0.4) is 0 Å². The lowest BCUT2D eigenvalue weighted by Crippen LogP contribution is -2.35. The van der Waals surface area contributed by atoms with E-state index in [9.17, 15) is 9.59 Å². The lowest BCUT2D eigenvalue weighted by atomic mass is 10.2. The van der Waals surface area contributed by atoms with E-state index in [1.165, 1.54) is 4.90 Å². The number of amides is 2. The Hall–Kier alpha value is -3.15. The molecule has 1 fully saturated rings. The zero-order chi connectivity index (χ0) is 18.3. The number of nitrogens with zero attached hydrogens (tertiary/aromatic N) is 3. The molecule has 1 aliphatic rings. The highest BCUT2D eigenvalue weighted by Gasteiger charge is 2.40. The standard InChI is InChI=1S/C20H20N4O2/c1-3-23-17-11-7-5-9-14(17)21-20(23)22-15-12-18(25)24(19(15)26)16-10-6-4-8-13(16)2/h4-11,15H,3,12H2,1-2H3,(H,21,22)/t15-/m0/s1. The second kappa shape index (κ2) is 6.29. The van der Waals surface area contributed by atoms with Gasteiger partial charge in [-0.3, -0.25) is 9.59 Å². The van der Waals surface area contributed by atoms with Gasteiger partial charge in [0, 0.05) is 6.54 Å². The molecule has 2 amide bonds. The van der Waals surface area contributed by atoms with E-state index in [0.29, 0.717) is 11.6 Å². The molecule has 3 aromatic rings. The number of imide groups is 1. The number of nitrogens with one attached hydrogen (secondary N) is 1. The van der Waals surface area contributed by atoms with Crippen LogP contribution in [0.1, 0.15) is 18.9 Å². The van der Waals surface area contributed by atoms with Crippen LogP contribution in [-0.2, 0) is 16.1 Å². The Kier molecular flexibility index (Phi) is 3.95. The first-order chi connectivity index (χ1) is 12.6.